The fourth-order valence-corrected chi connectivity index (χ4v) is 2.41. The zero-order chi connectivity index (χ0) is 15.2. The first-order valence-electron chi connectivity index (χ1n) is 7.45. The van der Waals surface area contributed by atoms with Gasteiger partial charge in [-0.05, 0) is 67.8 Å². The smallest absolute Gasteiger partial charge is 0.115 e. The molecule has 0 radical (unpaired) electrons. The monoisotopic (exact) mass is 284 g/mol. The van der Waals surface area contributed by atoms with E-state index in [1.54, 1.807) is 12.1 Å². The average molecular weight is 284 g/mol. The van der Waals surface area contributed by atoms with E-state index in [0.717, 1.165) is 23.5 Å². The molecule has 0 bridgehead atoms. The van der Waals surface area contributed by atoms with Gasteiger partial charge >= 0.3 is 0 Å². The van der Waals surface area contributed by atoms with E-state index in [1.165, 1.54) is 0 Å². The second-order valence-corrected chi connectivity index (χ2v) is 5.92. The molecule has 0 saturated heterocycles. The molecule has 0 fully saturated rings. The number of anilines is 3. The third-order valence-corrected chi connectivity index (χ3v) is 3.28. The maximum Gasteiger partial charge on any atom is 0.115 e. The molecule has 2 rings (SSSR count). The molecule has 3 nitrogen and oxygen atoms in total. The fourth-order valence-electron chi connectivity index (χ4n) is 2.41. The van der Waals surface area contributed by atoms with E-state index in [1.807, 2.05) is 12.1 Å². The van der Waals surface area contributed by atoms with Crippen molar-refractivity contribution >= 4 is 17.1 Å². The van der Waals surface area contributed by atoms with E-state index in [4.69, 9.17) is 0 Å². The minimum Gasteiger partial charge on any atom is -0.508 e. The Kier molecular flexibility index (Phi) is 5.09. The minimum atomic E-state index is 0.277. The van der Waals surface area contributed by atoms with Gasteiger partial charge in [-0.25, -0.2) is 0 Å². The number of aromatic hydroxyl groups is 1. The molecule has 0 amide bonds. The van der Waals surface area contributed by atoms with Crippen LogP contribution in [-0.4, -0.2) is 11.1 Å². The maximum atomic E-state index is 9.27. The molecule has 0 aromatic heterocycles. The average Bonchev–Trinajstić information content (AvgIpc) is 2.42. The Balaban J connectivity index is 1.94. The predicted molar refractivity (Wildman–Crippen MR) is 90.4 cm³/mol. The van der Waals surface area contributed by atoms with E-state index in [-0.39, 0.29) is 5.75 Å². The third-order valence-electron chi connectivity index (χ3n) is 3.28. The van der Waals surface area contributed by atoms with Gasteiger partial charge < -0.3 is 15.7 Å². The van der Waals surface area contributed by atoms with Crippen LogP contribution in [0.15, 0.2) is 48.5 Å². The van der Waals surface area contributed by atoms with Gasteiger partial charge in [0.05, 0.1) is 0 Å². The van der Waals surface area contributed by atoms with Gasteiger partial charge in [0.2, 0.25) is 0 Å². The Hall–Kier alpha value is -2.16. The van der Waals surface area contributed by atoms with E-state index < -0.39 is 0 Å². The Morgan fingerprint density at radius 1 is 0.810 bits per heavy atom. The van der Waals surface area contributed by atoms with Crippen molar-refractivity contribution in [1.82, 2.24) is 0 Å². The molecule has 0 heterocycles. The number of nitrogens with one attached hydrogen (secondary N) is 2. The summed E-state index contributed by atoms with van der Waals surface area (Å²) in [6.07, 6.45) is 1.16. The fraction of sp³-hybridized carbons (Fsp3) is 0.333. The van der Waals surface area contributed by atoms with E-state index in [0.29, 0.717) is 12.0 Å². The molecule has 2 aromatic carbocycles. The second-order valence-electron chi connectivity index (χ2n) is 5.92. The van der Waals surface area contributed by atoms with Crippen molar-refractivity contribution in [3.8, 4) is 5.75 Å². The van der Waals surface area contributed by atoms with Crippen LogP contribution in [0.4, 0.5) is 17.1 Å². The highest BCUT2D eigenvalue weighted by atomic mass is 16.3. The first kappa shape index (κ1) is 15.2. The summed E-state index contributed by atoms with van der Waals surface area (Å²) in [6.45, 7) is 6.69. The summed E-state index contributed by atoms with van der Waals surface area (Å²) in [5.41, 5.74) is 3.13. The lowest BCUT2D eigenvalue weighted by Crippen LogP contribution is -2.17. The number of phenolic OH excluding ortho intramolecular Hbond substituents is 1. The molecule has 21 heavy (non-hydrogen) atoms. The van der Waals surface area contributed by atoms with Crippen molar-refractivity contribution in [2.45, 2.75) is 33.2 Å². The van der Waals surface area contributed by atoms with Crippen LogP contribution in [0.2, 0.25) is 0 Å². The van der Waals surface area contributed by atoms with Crippen molar-refractivity contribution in [3.63, 3.8) is 0 Å². The maximum absolute atomic E-state index is 9.27. The summed E-state index contributed by atoms with van der Waals surface area (Å²) in [5, 5.41) is 16.1. The molecule has 3 heteroatoms. The first-order chi connectivity index (χ1) is 10.0. The molecule has 1 unspecified atom stereocenters. The van der Waals surface area contributed by atoms with Crippen LogP contribution in [0.1, 0.15) is 27.2 Å². The van der Waals surface area contributed by atoms with Crippen LogP contribution in [0.5, 0.6) is 5.75 Å². The van der Waals surface area contributed by atoms with Crippen LogP contribution < -0.4 is 10.6 Å². The van der Waals surface area contributed by atoms with E-state index in [2.05, 4.69) is 55.7 Å². The molecular weight excluding hydrogens is 260 g/mol. The van der Waals surface area contributed by atoms with Gasteiger partial charge in [-0.2, -0.15) is 0 Å². The van der Waals surface area contributed by atoms with Gasteiger partial charge in [0.15, 0.2) is 0 Å². The van der Waals surface area contributed by atoms with Crippen LogP contribution in [0.25, 0.3) is 0 Å². The summed E-state index contributed by atoms with van der Waals surface area (Å²) in [5.74, 6) is 0.974. The van der Waals surface area contributed by atoms with Crippen molar-refractivity contribution in [1.29, 1.82) is 0 Å². The van der Waals surface area contributed by atoms with Gasteiger partial charge in [-0.3, -0.25) is 0 Å². The number of rotatable bonds is 6. The molecule has 0 aliphatic heterocycles. The lowest BCUT2D eigenvalue weighted by Gasteiger charge is -2.17. The van der Waals surface area contributed by atoms with Crippen molar-refractivity contribution in [2.75, 3.05) is 10.6 Å². The largest absolute Gasteiger partial charge is 0.508 e. The Morgan fingerprint density at radius 3 is 1.81 bits per heavy atom. The normalized spacial score (nSPS) is 12.2. The molecule has 1 atom stereocenters. The van der Waals surface area contributed by atoms with E-state index >= 15 is 0 Å². The highest BCUT2D eigenvalue weighted by molar-refractivity contribution is 5.63. The van der Waals surface area contributed by atoms with Crippen molar-refractivity contribution in [2.24, 2.45) is 5.92 Å². The Labute approximate surface area is 127 Å². The lowest BCUT2D eigenvalue weighted by atomic mass is 10.1. The van der Waals surface area contributed by atoms with Crippen molar-refractivity contribution in [3.05, 3.63) is 48.5 Å². The van der Waals surface area contributed by atoms with Gasteiger partial charge in [-0.1, -0.05) is 13.8 Å². The zero-order valence-electron chi connectivity index (χ0n) is 12.9. The molecule has 0 aliphatic rings. The summed E-state index contributed by atoms with van der Waals surface area (Å²) in [4.78, 5) is 0. The van der Waals surface area contributed by atoms with Crippen molar-refractivity contribution < 1.29 is 5.11 Å². The third kappa shape index (κ3) is 5.03. The molecule has 112 valence electrons. The van der Waals surface area contributed by atoms with Crippen LogP contribution in [0.3, 0.4) is 0 Å². The quantitative estimate of drug-likeness (QED) is 0.655. The Bertz CT molecular complexity index is 546. The number of hydrogen-bond donors (Lipinski definition) is 3. The highest BCUT2D eigenvalue weighted by Crippen LogP contribution is 2.21. The summed E-state index contributed by atoms with van der Waals surface area (Å²) < 4.78 is 0. The van der Waals surface area contributed by atoms with Crippen LogP contribution >= 0.6 is 0 Å². The van der Waals surface area contributed by atoms with E-state index in [9.17, 15) is 5.11 Å². The first-order valence-corrected chi connectivity index (χ1v) is 7.45. The SMILES string of the molecule is CC(C)CC(C)Nc1ccc(Nc2ccc(O)cc2)cc1. The number of hydrogen-bond acceptors (Lipinski definition) is 3. The topological polar surface area (TPSA) is 44.3 Å². The molecule has 2 aromatic rings. The molecule has 0 aliphatic carbocycles. The number of benzene rings is 2. The van der Waals surface area contributed by atoms with Gasteiger partial charge in [0.1, 0.15) is 5.75 Å². The molecule has 0 spiro atoms. The minimum absolute atomic E-state index is 0.277. The van der Waals surface area contributed by atoms with Crippen LogP contribution in [-0.2, 0) is 0 Å². The number of phenols is 1. The molecular formula is C18H24N2O. The second kappa shape index (κ2) is 7.02. The molecule has 0 saturated carbocycles. The molecule has 3 N–H and O–H groups in total. The van der Waals surface area contributed by atoms with Gasteiger partial charge in [0.25, 0.3) is 0 Å². The summed E-state index contributed by atoms with van der Waals surface area (Å²) in [7, 11) is 0. The Morgan fingerprint density at radius 2 is 1.29 bits per heavy atom. The summed E-state index contributed by atoms with van der Waals surface area (Å²) in [6, 6.07) is 15.8. The van der Waals surface area contributed by atoms with Crippen LogP contribution in [0, 0.1) is 5.92 Å². The lowest BCUT2D eigenvalue weighted by molar-refractivity contribution is 0.475. The van der Waals surface area contributed by atoms with Gasteiger partial charge in [0, 0.05) is 23.1 Å². The zero-order valence-corrected chi connectivity index (χ0v) is 12.9. The summed E-state index contributed by atoms with van der Waals surface area (Å²) >= 11 is 0. The van der Waals surface area contributed by atoms with Gasteiger partial charge in [-0.15, -0.1) is 0 Å². The standard InChI is InChI=1S/C18H24N2O/c1-13(2)12-14(3)19-15-4-6-16(7-5-15)20-17-8-10-18(21)11-9-17/h4-11,13-14,19-21H,12H2,1-3H3. The highest BCUT2D eigenvalue weighted by Gasteiger charge is 2.04. The predicted octanol–water partition coefficient (Wildman–Crippen LogP) is 4.98.